The maximum absolute atomic E-state index is 12.9. The molecule has 0 aromatic rings. The molecule has 0 fully saturated rings. The Hall–Kier alpha value is -2.81. The Bertz CT molecular complexity index is 1730. The lowest BCUT2D eigenvalue weighted by Crippen LogP contribution is -2.37. The van der Waals surface area contributed by atoms with Crippen molar-refractivity contribution < 1.29 is 42.1 Å². The molecule has 0 aromatic carbocycles. The fourth-order valence-electron chi connectivity index (χ4n) is 10.4. The number of carbonyl (C=O) groups excluding carboxylic acids is 2. The molecular formula is C76H139NO8P+. The number of ether oxygens (including phenoxy) is 2. The third kappa shape index (κ3) is 70.3. The summed E-state index contributed by atoms with van der Waals surface area (Å²) in [6, 6.07) is 0. The molecule has 0 spiro atoms. The van der Waals surface area contributed by atoms with Crippen LogP contribution < -0.4 is 0 Å². The lowest BCUT2D eigenvalue weighted by atomic mass is 10.0. The van der Waals surface area contributed by atoms with Crippen molar-refractivity contribution in [3.05, 3.63) is 85.1 Å². The van der Waals surface area contributed by atoms with Crippen molar-refractivity contribution in [2.24, 2.45) is 0 Å². The zero-order valence-corrected chi connectivity index (χ0v) is 57.9. The summed E-state index contributed by atoms with van der Waals surface area (Å²) in [6.45, 7) is 4.35. The molecule has 2 atom stereocenters. The minimum absolute atomic E-state index is 0.0297. The number of carbonyl (C=O) groups is 2. The van der Waals surface area contributed by atoms with E-state index in [2.05, 4.69) is 98.9 Å². The van der Waals surface area contributed by atoms with Crippen LogP contribution in [0.1, 0.15) is 335 Å². The van der Waals surface area contributed by atoms with Crippen LogP contribution in [0.5, 0.6) is 0 Å². The van der Waals surface area contributed by atoms with Gasteiger partial charge in [0.05, 0.1) is 27.7 Å². The first-order valence-corrected chi connectivity index (χ1v) is 37.8. The molecular weight excluding hydrogens is 1090 g/mol. The summed E-state index contributed by atoms with van der Waals surface area (Å²) in [5, 5.41) is 0. The van der Waals surface area contributed by atoms with Gasteiger partial charge in [-0.2, -0.15) is 0 Å². The molecule has 500 valence electrons. The van der Waals surface area contributed by atoms with Crippen molar-refractivity contribution in [3.8, 4) is 0 Å². The third-order valence-corrected chi connectivity index (χ3v) is 16.9. The Morgan fingerprint density at radius 1 is 0.372 bits per heavy atom. The number of hydrogen-bond acceptors (Lipinski definition) is 7. The molecule has 0 heterocycles. The van der Waals surface area contributed by atoms with Crippen molar-refractivity contribution >= 4 is 19.8 Å². The van der Waals surface area contributed by atoms with Gasteiger partial charge in [0, 0.05) is 12.8 Å². The van der Waals surface area contributed by atoms with Crippen LogP contribution in [0.15, 0.2) is 85.1 Å². The standard InChI is InChI=1S/C76H138NO8P/c1-6-8-10-12-14-16-18-20-22-24-26-28-30-32-34-35-36-37-38-39-40-41-43-44-46-48-50-52-54-56-58-60-62-64-66-68-75(78)82-72-74(73-84-86(80,81)83-71-70-77(3,4)5)85-76(79)69-67-65-63-61-59-57-55-53-51-49-47-45-42-33-31-29-27-25-23-21-19-17-15-13-11-9-7-2/h9,11,15,17-18,20-21,23-24,26-27,29,33,42,74H,6-8,10,12-14,16,19,22,25,28,30-32,34-41,43-73H2,1-5H3/p+1/b11-9-,17-15-,20-18-,23-21-,26-24-,29-27-,42-33-. The second-order valence-corrected chi connectivity index (χ2v) is 27.0. The summed E-state index contributed by atoms with van der Waals surface area (Å²) < 4.78 is 34.8. The third-order valence-electron chi connectivity index (χ3n) is 15.9. The van der Waals surface area contributed by atoms with Crippen molar-refractivity contribution in [3.63, 3.8) is 0 Å². The van der Waals surface area contributed by atoms with Gasteiger partial charge in [-0.25, -0.2) is 4.57 Å². The first-order valence-electron chi connectivity index (χ1n) is 36.3. The minimum Gasteiger partial charge on any atom is -0.462 e. The molecule has 0 amide bonds. The van der Waals surface area contributed by atoms with Gasteiger partial charge in [0.2, 0.25) is 0 Å². The van der Waals surface area contributed by atoms with Crippen molar-refractivity contribution in [1.29, 1.82) is 0 Å². The Balaban J connectivity index is 3.99. The molecule has 9 nitrogen and oxygen atoms in total. The van der Waals surface area contributed by atoms with Gasteiger partial charge >= 0.3 is 19.8 Å². The fraction of sp³-hybridized carbons (Fsp3) is 0.789. The van der Waals surface area contributed by atoms with Gasteiger partial charge in [-0.05, 0) is 89.9 Å². The van der Waals surface area contributed by atoms with E-state index in [4.69, 9.17) is 18.5 Å². The highest BCUT2D eigenvalue weighted by molar-refractivity contribution is 7.47. The van der Waals surface area contributed by atoms with E-state index >= 15 is 0 Å². The second kappa shape index (κ2) is 66.6. The number of hydrogen-bond donors (Lipinski definition) is 1. The number of esters is 2. The Kier molecular flexibility index (Phi) is 64.4. The molecule has 0 aliphatic carbocycles. The van der Waals surface area contributed by atoms with Crippen LogP contribution in [0, 0.1) is 0 Å². The first-order chi connectivity index (χ1) is 42.0. The zero-order valence-electron chi connectivity index (χ0n) is 57.0. The summed E-state index contributed by atoms with van der Waals surface area (Å²) in [5.41, 5.74) is 0. The van der Waals surface area contributed by atoms with Gasteiger partial charge in [0.1, 0.15) is 19.8 Å². The van der Waals surface area contributed by atoms with Gasteiger partial charge in [0.15, 0.2) is 6.10 Å². The zero-order chi connectivity index (χ0) is 62.6. The monoisotopic (exact) mass is 1230 g/mol. The molecule has 0 bridgehead atoms. The summed E-state index contributed by atoms with van der Waals surface area (Å²) in [7, 11) is 1.48. The topological polar surface area (TPSA) is 108 Å². The summed E-state index contributed by atoms with van der Waals surface area (Å²) in [5.74, 6) is -0.789. The highest BCUT2D eigenvalue weighted by Crippen LogP contribution is 2.43. The van der Waals surface area contributed by atoms with E-state index in [0.717, 1.165) is 77.0 Å². The van der Waals surface area contributed by atoms with Gasteiger partial charge in [-0.15, -0.1) is 0 Å². The number of rotatable bonds is 67. The maximum Gasteiger partial charge on any atom is 0.472 e. The maximum atomic E-state index is 12.9. The number of unbranched alkanes of at least 4 members (excludes halogenated alkanes) is 39. The molecule has 0 saturated carbocycles. The predicted molar refractivity (Wildman–Crippen MR) is 372 cm³/mol. The predicted octanol–water partition coefficient (Wildman–Crippen LogP) is 23.7. The molecule has 2 unspecified atom stereocenters. The normalized spacial score (nSPS) is 13.6. The SMILES string of the molecule is CC/C=C\C/C=C\C/C=C\C/C=C\C/C=C\CCCCCCCCCCCCCC(=O)OC(COC(=O)CCCCCCCCCCCCCCCCCCCCCCCCC/C=C\C/C=C\CCCCCCC)COP(=O)(O)OCC[N+](C)(C)C. The van der Waals surface area contributed by atoms with Crippen molar-refractivity contribution in [2.75, 3.05) is 47.5 Å². The minimum atomic E-state index is -4.40. The molecule has 0 aliphatic rings. The number of quaternary nitrogens is 1. The Morgan fingerprint density at radius 2 is 0.663 bits per heavy atom. The smallest absolute Gasteiger partial charge is 0.462 e. The summed E-state index contributed by atoms with van der Waals surface area (Å²) in [6.07, 6.45) is 91.3. The van der Waals surface area contributed by atoms with Gasteiger partial charge < -0.3 is 18.9 Å². The summed E-state index contributed by atoms with van der Waals surface area (Å²) >= 11 is 0. The Morgan fingerprint density at radius 3 is 0.988 bits per heavy atom. The summed E-state index contributed by atoms with van der Waals surface area (Å²) in [4.78, 5) is 35.9. The van der Waals surface area contributed by atoms with E-state index in [1.165, 1.54) is 225 Å². The van der Waals surface area contributed by atoms with Crippen LogP contribution in [0.25, 0.3) is 0 Å². The first kappa shape index (κ1) is 83.2. The number of likely N-dealkylation sites (N-methyl/N-ethyl adjacent to an activating group) is 1. The van der Waals surface area contributed by atoms with Gasteiger partial charge in [0.25, 0.3) is 0 Å². The number of phosphoric acid groups is 1. The van der Waals surface area contributed by atoms with Crippen molar-refractivity contribution in [2.45, 2.75) is 341 Å². The number of allylic oxidation sites excluding steroid dienone is 14. The van der Waals surface area contributed by atoms with Crippen LogP contribution in [0.3, 0.4) is 0 Å². The lowest BCUT2D eigenvalue weighted by molar-refractivity contribution is -0.870. The highest BCUT2D eigenvalue weighted by Gasteiger charge is 2.27. The van der Waals surface area contributed by atoms with Gasteiger partial charge in [-0.1, -0.05) is 317 Å². The molecule has 10 heteroatoms. The number of phosphoric ester groups is 1. The van der Waals surface area contributed by atoms with E-state index in [1.54, 1.807) is 0 Å². The molecule has 0 aromatic heterocycles. The highest BCUT2D eigenvalue weighted by atomic mass is 31.2. The average Bonchev–Trinajstić information content (AvgIpc) is 3.53. The van der Waals surface area contributed by atoms with Crippen LogP contribution in [-0.4, -0.2) is 74.9 Å². The molecule has 86 heavy (non-hydrogen) atoms. The largest absolute Gasteiger partial charge is 0.472 e. The van der Waals surface area contributed by atoms with Crippen LogP contribution >= 0.6 is 7.82 Å². The van der Waals surface area contributed by atoms with E-state index in [-0.39, 0.29) is 32.0 Å². The lowest BCUT2D eigenvalue weighted by Gasteiger charge is -2.24. The molecule has 0 rings (SSSR count). The number of nitrogens with zero attached hydrogens (tertiary/aromatic N) is 1. The van der Waals surface area contributed by atoms with Crippen molar-refractivity contribution in [1.82, 2.24) is 0 Å². The van der Waals surface area contributed by atoms with E-state index in [9.17, 15) is 19.0 Å². The molecule has 0 aliphatic heterocycles. The van der Waals surface area contributed by atoms with E-state index in [1.807, 2.05) is 21.1 Å². The van der Waals surface area contributed by atoms with Gasteiger partial charge in [-0.3, -0.25) is 18.6 Å². The quantitative estimate of drug-likeness (QED) is 0.0211. The van der Waals surface area contributed by atoms with Crippen LogP contribution in [0.4, 0.5) is 0 Å². The van der Waals surface area contributed by atoms with E-state index < -0.39 is 26.5 Å². The molecule has 0 radical (unpaired) electrons. The Labute approximate surface area is 532 Å². The van der Waals surface area contributed by atoms with Crippen LogP contribution in [0.2, 0.25) is 0 Å². The molecule has 0 saturated heterocycles. The van der Waals surface area contributed by atoms with Crippen LogP contribution in [-0.2, 0) is 32.7 Å². The second-order valence-electron chi connectivity index (χ2n) is 25.6. The fourth-order valence-corrected chi connectivity index (χ4v) is 11.1. The molecule has 1 N–H and O–H groups in total. The average molecular weight is 1230 g/mol. The van der Waals surface area contributed by atoms with E-state index in [0.29, 0.717) is 17.4 Å².